The summed E-state index contributed by atoms with van der Waals surface area (Å²) in [6, 6.07) is 13.9. The molecule has 1 saturated carbocycles. The molecule has 2 N–H and O–H groups in total. The predicted molar refractivity (Wildman–Crippen MR) is 125 cm³/mol. The van der Waals surface area contributed by atoms with Crippen LogP contribution in [-0.2, 0) is 10.0 Å². The molecule has 0 bridgehead atoms. The van der Waals surface area contributed by atoms with Crippen molar-refractivity contribution in [3.05, 3.63) is 48.5 Å². The van der Waals surface area contributed by atoms with E-state index in [9.17, 15) is 13.2 Å². The minimum atomic E-state index is -3.63. The van der Waals surface area contributed by atoms with Gasteiger partial charge >= 0.3 is 6.03 Å². The first-order valence-corrected chi connectivity index (χ1v) is 12.6. The average Bonchev–Trinajstić information content (AvgIpc) is 3.63. The predicted octanol–water partition coefficient (Wildman–Crippen LogP) is 2.36. The van der Waals surface area contributed by atoms with E-state index in [0.29, 0.717) is 31.1 Å². The van der Waals surface area contributed by atoms with Gasteiger partial charge in [-0.15, -0.1) is 0 Å². The third-order valence-corrected chi connectivity index (χ3v) is 7.22. The van der Waals surface area contributed by atoms with Gasteiger partial charge in [-0.1, -0.05) is 18.2 Å². The van der Waals surface area contributed by atoms with Crippen molar-refractivity contribution >= 4 is 21.7 Å². The summed E-state index contributed by atoms with van der Waals surface area (Å²) in [6.45, 7) is 3.99. The van der Waals surface area contributed by atoms with Gasteiger partial charge in [-0.3, -0.25) is 4.90 Å². The highest BCUT2D eigenvalue weighted by atomic mass is 32.2. The minimum absolute atomic E-state index is 0.00420. The van der Waals surface area contributed by atoms with Gasteiger partial charge in [0.2, 0.25) is 10.0 Å². The molecule has 1 aliphatic carbocycles. The van der Waals surface area contributed by atoms with Gasteiger partial charge < -0.3 is 19.7 Å². The maximum atomic E-state index is 12.8. The van der Waals surface area contributed by atoms with Crippen molar-refractivity contribution in [2.75, 3.05) is 51.8 Å². The lowest BCUT2D eigenvalue weighted by molar-refractivity contribution is 0.132. The van der Waals surface area contributed by atoms with Gasteiger partial charge in [0.1, 0.15) is 18.1 Å². The molecule has 178 valence electrons. The van der Waals surface area contributed by atoms with E-state index in [-0.39, 0.29) is 17.0 Å². The van der Waals surface area contributed by atoms with Crippen LogP contribution in [-0.4, -0.2) is 76.7 Å². The van der Waals surface area contributed by atoms with Gasteiger partial charge in [-0.25, -0.2) is 17.9 Å². The first-order valence-electron chi connectivity index (χ1n) is 11.1. The molecule has 2 aromatic rings. The number of urea groups is 1. The normalized spacial score (nSPS) is 16.9. The quantitative estimate of drug-likeness (QED) is 0.579. The Labute approximate surface area is 194 Å². The molecule has 10 heteroatoms. The van der Waals surface area contributed by atoms with E-state index < -0.39 is 10.0 Å². The van der Waals surface area contributed by atoms with E-state index in [0.717, 1.165) is 38.2 Å². The number of anilines is 1. The zero-order chi connectivity index (χ0) is 23.3. The summed E-state index contributed by atoms with van der Waals surface area (Å²) in [7, 11) is -2.15. The molecule has 0 aromatic heterocycles. The summed E-state index contributed by atoms with van der Waals surface area (Å²) < 4.78 is 38.8. The maximum Gasteiger partial charge on any atom is 0.322 e. The van der Waals surface area contributed by atoms with Gasteiger partial charge in [-0.2, -0.15) is 0 Å². The van der Waals surface area contributed by atoms with Crippen LogP contribution in [0.15, 0.2) is 53.4 Å². The Morgan fingerprint density at radius 3 is 2.45 bits per heavy atom. The van der Waals surface area contributed by atoms with Crippen LogP contribution in [0.4, 0.5) is 10.5 Å². The van der Waals surface area contributed by atoms with Crippen molar-refractivity contribution in [3.8, 4) is 11.5 Å². The molecule has 2 amide bonds. The van der Waals surface area contributed by atoms with Crippen LogP contribution < -0.4 is 19.5 Å². The third kappa shape index (κ3) is 6.37. The second kappa shape index (κ2) is 10.4. The summed E-state index contributed by atoms with van der Waals surface area (Å²) in [5.74, 6) is 1.26. The third-order valence-electron chi connectivity index (χ3n) is 5.70. The highest BCUT2D eigenvalue weighted by Crippen LogP contribution is 2.29. The molecule has 9 nitrogen and oxygen atoms in total. The largest absolute Gasteiger partial charge is 0.495 e. The fraction of sp³-hybridized carbons (Fsp3) is 0.435. The number of hydrogen-bond acceptors (Lipinski definition) is 6. The van der Waals surface area contributed by atoms with E-state index in [1.165, 1.54) is 19.2 Å². The van der Waals surface area contributed by atoms with Crippen molar-refractivity contribution in [2.45, 2.75) is 23.8 Å². The summed E-state index contributed by atoms with van der Waals surface area (Å²) >= 11 is 0. The van der Waals surface area contributed by atoms with Gasteiger partial charge in [0.15, 0.2) is 0 Å². The molecule has 2 aromatic carbocycles. The molecule has 0 spiro atoms. The fourth-order valence-electron chi connectivity index (χ4n) is 3.62. The second-order valence-electron chi connectivity index (χ2n) is 8.18. The number of sulfonamides is 1. The topological polar surface area (TPSA) is 100 Å². The Kier molecular flexibility index (Phi) is 7.36. The number of piperazine rings is 1. The number of ether oxygens (including phenoxy) is 2. The molecular formula is C23H30N4O5S. The number of amides is 2. The average molecular weight is 475 g/mol. The zero-order valence-electron chi connectivity index (χ0n) is 18.7. The van der Waals surface area contributed by atoms with E-state index >= 15 is 0 Å². The number of nitrogens with one attached hydrogen (secondary N) is 2. The van der Waals surface area contributed by atoms with E-state index in [1.807, 2.05) is 30.3 Å². The first-order chi connectivity index (χ1) is 15.9. The zero-order valence-corrected chi connectivity index (χ0v) is 19.5. The van der Waals surface area contributed by atoms with Crippen molar-refractivity contribution in [2.24, 2.45) is 0 Å². The number of methoxy groups -OCH3 is 1. The molecule has 1 saturated heterocycles. The monoisotopic (exact) mass is 474 g/mol. The van der Waals surface area contributed by atoms with Gasteiger partial charge in [-0.05, 0) is 43.2 Å². The van der Waals surface area contributed by atoms with Crippen molar-refractivity contribution in [3.63, 3.8) is 0 Å². The lowest BCUT2D eigenvalue weighted by Crippen LogP contribution is -2.50. The molecule has 1 aliphatic heterocycles. The van der Waals surface area contributed by atoms with Crippen LogP contribution in [0.25, 0.3) is 0 Å². The summed E-state index contributed by atoms with van der Waals surface area (Å²) in [4.78, 5) is 16.9. The van der Waals surface area contributed by atoms with Crippen molar-refractivity contribution in [1.82, 2.24) is 14.5 Å². The molecule has 33 heavy (non-hydrogen) atoms. The van der Waals surface area contributed by atoms with E-state index in [1.54, 1.807) is 11.0 Å². The van der Waals surface area contributed by atoms with E-state index in [4.69, 9.17) is 9.47 Å². The number of carbonyl (C=O) groups excluding carboxylic acids is 1. The lowest BCUT2D eigenvalue weighted by atomic mass is 10.3. The molecule has 0 radical (unpaired) electrons. The SMILES string of the molecule is COc1ccc(S(=O)(=O)NC2CC2)cc1NC(=O)N1CCN(CCOc2ccccc2)CC1. The Morgan fingerprint density at radius 2 is 1.79 bits per heavy atom. The van der Waals surface area contributed by atoms with Crippen LogP contribution in [0.2, 0.25) is 0 Å². The number of nitrogens with zero attached hydrogens (tertiary/aromatic N) is 2. The molecule has 2 aliphatic rings. The Bertz CT molecular complexity index is 1050. The molecule has 0 unspecified atom stereocenters. The molecule has 1 heterocycles. The van der Waals surface area contributed by atoms with Crippen molar-refractivity contribution in [1.29, 1.82) is 0 Å². The Balaban J connectivity index is 1.29. The molecule has 2 fully saturated rings. The van der Waals surface area contributed by atoms with Gasteiger partial charge in [0.05, 0.1) is 17.7 Å². The van der Waals surface area contributed by atoms with Crippen LogP contribution in [0.3, 0.4) is 0 Å². The number of benzene rings is 2. The second-order valence-corrected chi connectivity index (χ2v) is 9.89. The summed E-state index contributed by atoms with van der Waals surface area (Å²) in [5.41, 5.74) is 0.333. The number of para-hydroxylation sites is 1. The molecule has 4 rings (SSSR count). The highest BCUT2D eigenvalue weighted by molar-refractivity contribution is 7.89. The first kappa shape index (κ1) is 23.3. The maximum absolute atomic E-state index is 12.8. The Hall–Kier alpha value is -2.82. The van der Waals surface area contributed by atoms with Crippen molar-refractivity contribution < 1.29 is 22.7 Å². The van der Waals surface area contributed by atoms with Crippen LogP contribution in [0, 0.1) is 0 Å². The van der Waals surface area contributed by atoms with E-state index in [2.05, 4.69) is 14.9 Å². The van der Waals surface area contributed by atoms with Crippen LogP contribution in [0.1, 0.15) is 12.8 Å². The highest BCUT2D eigenvalue weighted by Gasteiger charge is 2.29. The van der Waals surface area contributed by atoms with Crippen LogP contribution >= 0.6 is 0 Å². The number of hydrogen-bond donors (Lipinski definition) is 2. The summed E-state index contributed by atoms with van der Waals surface area (Å²) in [5, 5.41) is 2.82. The smallest absolute Gasteiger partial charge is 0.322 e. The van der Waals surface area contributed by atoms with Crippen LogP contribution in [0.5, 0.6) is 11.5 Å². The standard InChI is InChI=1S/C23H30N4O5S/c1-31-22-10-9-20(33(29,30)25-18-7-8-18)17-21(22)24-23(28)27-13-11-26(12-14-27)15-16-32-19-5-3-2-4-6-19/h2-6,9-10,17-18,25H,7-8,11-16H2,1H3,(H,24,28). The number of rotatable bonds is 9. The lowest BCUT2D eigenvalue weighted by Gasteiger charge is -2.34. The summed E-state index contributed by atoms with van der Waals surface area (Å²) in [6.07, 6.45) is 1.70. The van der Waals surface area contributed by atoms with Gasteiger partial charge in [0.25, 0.3) is 0 Å². The fourth-order valence-corrected chi connectivity index (χ4v) is 4.95. The van der Waals surface area contributed by atoms with Gasteiger partial charge in [0, 0.05) is 38.8 Å². The molecule has 0 atom stereocenters. The Morgan fingerprint density at radius 1 is 1.06 bits per heavy atom. The number of carbonyl (C=O) groups is 1. The molecular weight excluding hydrogens is 444 g/mol. The minimum Gasteiger partial charge on any atom is -0.495 e.